The van der Waals surface area contributed by atoms with Crippen LogP contribution in [0.2, 0.25) is 15.1 Å². The number of benzene rings is 2. The molecule has 0 radical (unpaired) electrons. The molecule has 33 heavy (non-hydrogen) atoms. The van der Waals surface area contributed by atoms with E-state index in [1.807, 2.05) is 35.3 Å². The second-order valence-corrected chi connectivity index (χ2v) is 10.1. The smallest absolute Gasteiger partial charge is 0.312 e. The predicted octanol–water partition coefficient (Wildman–Crippen LogP) is 3.26. The third-order valence-corrected chi connectivity index (χ3v) is 7.22. The minimum Gasteiger partial charge on any atom is -1.00 e. The summed E-state index contributed by atoms with van der Waals surface area (Å²) in [7, 11) is 2.08. The van der Waals surface area contributed by atoms with Crippen LogP contribution in [-0.4, -0.2) is 36.3 Å². The Morgan fingerprint density at radius 2 is 1.70 bits per heavy atom. The summed E-state index contributed by atoms with van der Waals surface area (Å²) in [5, 5.41) is 8.42. The van der Waals surface area contributed by atoms with Crippen molar-refractivity contribution >= 4 is 52.1 Å². The highest BCUT2D eigenvalue weighted by atomic mass is 127. The third-order valence-electron chi connectivity index (χ3n) is 6.43. The number of piperidine rings is 1. The standard InChI is InChI=1S/C24H27Cl3N4O.HI/c1-3-19-22(24(32)29-31(2)13-5-4-6-14-31)28-30(21-12-11-18(26)15-20(21)27)23(19)16-7-9-17(25)10-8-16;/h7-12,15,19,23H,3-6,13-14H2,1-2H3;1H/t19-,23-;/m0./s1. The average Bonchev–Trinajstić information content (AvgIpc) is 3.14. The molecule has 2 aromatic carbocycles. The van der Waals surface area contributed by atoms with Crippen molar-refractivity contribution in [1.82, 2.24) is 5.43 Å². The summed E-state index contributed by atoms with van der Waals surface area (Å²) in [5.74, 6) is -0.216. The number of halogens is 4. The molecule has 9 heteroatoms. The molecule has 2 atom stereocenters. The first-order chi connectivity index (χ1) is 15.3. The van der Waals surface area contributed by atoms with E-state index in [4.69, 9.17) is 39.9 Å². The number of quaternary nitrogens is 1. The molecule has 2 aliphatic rings. The second kappa shape index (κ2) is 11.1. The van der Waals surface area contributed by atoms with Crippen molar-refractivity contribution in [3.8, 4) is 0 Å². The Bertz CT molecular complexity index is 1020. The van der Waals surface area contributed by atoms with Gasteiger partial charge in [0.1, 0.15) is 18.8 Å². The van der Waals surface area contributed by atoms with Gasteiger partial charge in [-0.2, -0.15) is 10.5 Å². The summed E-state index contributed by atoms with van der Waals surface area (Å²) in [6.45, 7) is 3.95. The van der Waals surface area contributed by atoms with Gasteiger partial charge in [-0.25, -0.2) is 4.59 Å². The Kier molecular flexibility index (Phi) is 8.94. The maximum Gasteiger partial charge on any atom is 0.312 e. The van der Waals surface area contributed by atoms with E-state index < -0.39 is 0 Å². The Morgan fingerprint density at radius 1 is 1.06 bits per heavy atom. The fourth-order valence-electron chi connectivity index (χ4n) is 4.73. The van der Waals surface area contributed by atoms with Gasteiger partial charge in [0, 0.05) is 16.0 Å². The predicted molar refractivity (Wildman–Crippen MR) is 132 cm³/mol. The molecule has 2 aliphatic heterocycles. The second-order valence-electron chi connectivity index (χ2n) is 8.78. The van der Waals surface area contributed by atoms with Gasteiger partial charge in [-0.1, -0.05) is 53.9 Å². The quantitative estimate of drug-likeness (QED) is 0.412. The molecule has 1 amide bonds. The number of amides is 1. The van der Waals surface area contributed by atoms with Gasteiger partial charge in [-0.3, -0.25) is 9.80 Å². The molecule has 4 rings (SSSR count). The first-order valence-electron chi connectivity index (χ1n) is 11.1. The Labute approximate surface area is 227 Å². The van der Waals surface area contributed by atoms with Gasteiger partial charge >= 0.3 is 5.91 Å². The van der Waals surface area contributed by atoms with Crippen molar-refractivity contribution < 1.29 is 33.4 Å². The van der Waals surface area contributed by atoms with Crippen LogP contribution in [0, 0.1) is 5.92 Å². The van der Waals surface area contributed by atoms with Crippen molar-refractivity contribution in [2.75, 3.05) is 25.1 Å². The van der Waals surface area contributed by atoms with Gasteiger partial charge in [-0.15, -0.1) is 0 Å². The SMILES string of the molecule is CC[C@H]1C(C(=O)N[N+]2(C)CCCCC2)=NN(c2ccc(Cl)cc2Cl)[C@H]1c1ccc(Cl)cc1.[I-]. The molecule has 0 aliphatic carbocycles. The lowest BCUT2D eigenvalue weighted by molar-refractivity contribution is -0.947. The van der Waals surface area contributed by atoms with E-state index in [0.717, 1.165) is 43.6 Å². The van der Waals surface area contributed by atoms with E-state index in [1.54, 1.807) is 12.1 Å². The highest BCUT2D eigenvalue weighted by molar-refractivity contribution is 6.40. The maximum atomic E-state index is 13.5. The number of rotatable bonds is 5. The number of hydrogen-bond acceptors (Lipinski definition) is 3. The van der Waals surface area contributed by atoms with Gasteiger partial charge in [0.2, 0.25) is 0 Å². The zero-order valence-corrected chi connectivity index (χ0v) is 23.1. The number of carbonyl (C=O) groups is 1. The van der Waals surface area contributed by atoms with Crippen molar-refractivity contribution in [2.24, 2.45) is 11.0 Å². The van der Waals surface area contributed by atoms with Crippen molar-refractivity contribution in [3.63, 3.8) is 0 Å². The van der Waals surface area contributed by atoms with Crippen molar-refractivity contribution in [1.29, 1.82) is 0 Å². The number of nitrogens with one attached hydrogen (secondary N) is 1. The van der Waals surface area contributed by atoms with E-state index in [-0.39, 0.29) is 41.8 Å². The van der Waals surface area contributed by atoms with Crippen LogP contribution >= 0.6 is 34.8 Å². The summed E-state index contributed by atoms with van der Waals surface area (Å²) in [4.78, 5) is 13.5. The fourth-order valence-corrected chi connectivity index (χ4v) is 5.35. The number of hydrazone groups is 1. The summed E-state index contributed by atoms with van der Waals surface area (Å²) in [6, 6.07) is 12.9. The Balaban J connectivity index is 0.00000306. The van der Waals surface area contributed by atoms with Crippen molar-refractivity contribution in [3.05, 3.63) is 63.1 Å². The number of hydrogen-bond donors (Lipinski definition) is 1. The maximum absolute atomic E-state index is 13.5. The van der Waals surface area contributed by atoms with Crippen LogP contribution in [0.5, 0.6) is 0 Å². The molecule has 0 aromatic heterocycles. The molecule has 1 saturated heterocycles. The summed E-state index contributed by atoms with van der Waals surface area (Å²) >= 11 is 18.8. The molecule has 1 N–H and O–H groups in total. The topological polar surface area (TPSA) is 44.7 Å². The normalized spacial score (nSPS) is 21.8. The van der Waals surface area contributed by atoms with Crippen LogP contribution in [0.1, 0.15) is 44.2 Å². The monoisotopic (exact) mass is 620 g/mol. The van der Waals surface area contributed by atoms with E-state index in [2.05, 4.69) is 19.4 Å². The van der Waals surface area contributed by atoms with Crippen LogP contribution in [0.4, 0.5) is 5.69 Å². The molecule has 178 valence electrons. The number of likely N-dealkylation sites (tertiary alicyclic amines) is 1. The summed E-state index contributed by atoms with van der Waals surface area (Å²) in [5.41, 5.74) is 5.52. The largest absolute Gasteiger partial charge is 1.00 e. The zero-order valence-electron chi connectivity index (χ0n) is 18.7. The van der Waals surface area contributed by atoms with Crippen LogP contribution in [0.15, 0.2) is 47.6 Å². The lowest BCUT2D eigenvalue weighted by Crippen LogP contribution is -3.00. The number of nitrogens with zero attached hydrogens (tertiary/aromatic N) is 3. The van der Waals surface area contributed by atoms with Gasteiger partial charge in [0.25, 0.3) is 0 Å². The van der Waals surface area contributed by atoms with Gasteiger partial charge in [-0.05, 0) is 61.6 Å². The lowest BCUT2D eigenvalue weighted by Gasteiger charge is -2.36. The van der Waals surface area contributed by atoms with Crippen LogP contribution in [0.3, 0.4) is 0 Å². The first kappa shape index (κ1) is 26.5. The van der Waals surface area contributed by atoms with Crippen LogP contribution < -0.4 is 34.4 Å². The molecule has 5 nitrogen and oxygen atoms in total. The molecular formula is C24H28Cl3IN4O. The lowest BCUT2D eigenvalue weighted by atomic mass is 9.87. The van der Waals surface area contributed by atoms with Gasteiger partial charge < -0.3 is 24.0 Å². The van der Waals surface area contributed by atoms with Crippen LogP contribution in [0.25, 0.3) is 0 Å². The van der Waals surface area contributed by atoms with E-state index >= 15 is 0 Å². The highest BCUT2D eigenvalue weighted by Crippen LogP contribution is 2.43. The van der Waals surface area contributed by atoms with E-state index in [9.17, 15) is 4.79 Å². The zero-order chi connectivity index (χ0) is 22.9. The summed E-state index contributed by atoms with van der Waals surface area (Å²) < 4.78 is 0.543. The van der Waals surface area contributed by atoms with Gasteiger partial charge in [0.15, 0.2) is 0 Å². The summed E-state index contributed by atoms with van der Waals surface area (Å²) in [6.07, 6.45) is 4.19. The third kappa shape index (κ3) is 5.78. The van der Waals surface area contributed by atoms with E-state index in [0.29, 0.717) is 25.4 Å². The van der Waals surface area contributed by atoms with E-state index in [1.165, 1.54) is 6.42 Å². The highest BCUT2D eigenvalue weighted by Gasteiger charge is 2.43. The van der Waals surface area contributed by atoms with Crippen LogP contribution in [-0.2, 0) is 4.79 Å². The molecular weight excluding hydrogens is 594 g/mol. The molecule has 0 spiro atoms. The molecule has 2 aromatic rings. The number of anilines is 1. The molecule has 2 heterocycles. The van der Waals surface area contributed by atoms with Gasteiger partial charge in [0.05, 0.1) is 23.8 Å². The minimum absolute atomic E-state index is 0. The molecule has 0 unspecified atom stereocenters. The average molecular weight is 622 g/mol. The van der Waals surface area contributed by atoms with Crippen molar-refractivity contribution in [2.45, 2.75) is 38.6 Å². The Morgan fingerprint density at radius 3 is 2.30 bits per heavy atom. The minimum atomic E-state index is -0.177. The fraction of sp³-hybridized carbons (Fsp3) is 0.417. The molecule has 0 bridgehead atoms. The Hall–Kier alpha value is -1.06. The molecule has 1 fully saturated rings. The number of carbonyl (C=O) groups excluding carboxylic acids is 1. The molecule has 0 saturated carbocycles. The first-order valence-corrected chi connectivity index (χ1v) is 12.2.